The standard InChI is InChI=1S/C11H15N3OS/c15-10(9-13-4-6-16-9)14-5-2-11(8-14)1-3-12-7-11/h4,6,12H,1-3,5,7-8H2. The Hall–Kier alpha value is -0.940. The van der Waals surface area contributed by atoms with Gasteiger partial charge in [-0.15, -0.1) is 11.3 Å². The zero-order valence-electron chi connectivity index (χ0n) is 9.11. The van der Waals surface area contributed by atoms with Crippen LogP contribution in [-0.2, 0) is 0 Å². The van der Waals surface area contributed by atoms with Gasteiger partial charge in [-0.3, -0.25) is 4.79 Å². The topological polar surface area (TPSA) is 45.2 Å². The number of rotatable bonds is 1. The molecule has 3 rings (SSSR count). The van der Waals surface area contributed by atoms with Crippen molar-refractivity contribution in [3.8, 4) is 0 Å². The smallest absolute Gasteiger partial charge is 0.282 e. The molecule has 0 radical (unpaired) electrons. The van der Waals surface area contributed by atoms with E-state index in [1.54, 1.807) is 6.20 Å². The molecule has 1 aromatic rings. The second-order valence-electron chi connectivity index (χ2n) is 4.74. The van der Waals surface area contributed by atoms with E-state index in [9.17, 15) is 4.79 Å². The summed E-state index contributed by atoms with van der Waals surface area (Å²) in [6, 6.07) is 0. The van der Waals surface area contributed by atoms with Crippen molar-refractivity contribution in [2.45, 2.75) is 12.8 Å². The van der Waals surface area contributed by atoms with Crippen molar-refractivity contribution in [3.05, 3.63) is 16.6 Å². The van der Waals surface area contributed by atoms with Crippen molar-refractivity contribution >= 4 is 17.2 Å². The molecule has 1 atom stereocenters. The fourth-order valence-corrected chi connectivity index (χ4v) is 3.32. The molecule has 5 heteroatoms. The normalized spacial score (nSPS) is 29.1. The number of nitrogens with one attached hydrogen (secondary N) is 1. The first-order valence-corrected chi connectivity index (χ1v) is 6.57. The molecule has 2 aliphatic rings. The predicted octanol–water partition coefficient (Wildman–Crippen LogP) is 0.969. The van der Waals surface area contributed by atoms with Crippen LogP contribution in [0, 0.1) is 5.41 Å². The molecule has 0 aliphatic carbocycles. The van der Waals surface area contributed by atoms with E-state index in [1.165, 1.54) is 17.8 Å². The summed E-state index contributed by atoms with van der Waals surface area (Å²) in [5.74, 6) is 0.110. The zero-order chi connectivity index (χ0) is 11.0. The maximum Gasteiger partial charge on any atom is 0.282 e. The van der Waals surface area contributed by atoms with Crippen LogP contribution in [-0.4, -0.2) is 42.0 Å². The third kappa shape index (κ3) is 1.64. The van der Waals surface area contributed by atoms with Gasteiger partial charge >= 0.3 is 0 Å². The fraction of sp³-hybridized carbons (Fsp3) is 0.636. The SMILES string of the molecule is O=C(c1nccs1)N1CCC2(CCNC2)C1. The van der Waals surface area contributed by atoms with E-state index < -0.39 is 0 Å². The largest absolute Gasteiger partial charge is 0.336 e. The van der Waals surface area contributed by atoms with Crippen molar-refractivity contribution in [2.24, 2.45) is 5.41 Å². The predicted molar refractivity (Wildman–Crippen MR) is 62.6 cm³/mol. The van der Waals surface area contributed by atoms with Crippen LogP contribution >= 0.6 is 11.3 Å². The summed E-state index contributed by atoms with van der Waals surface area (Å²) in [5.41, 5.74) is 0.354. The number of likely N-dealkylation sites (tertiary alicyclic amines) is 1. The molecule has 2 saturated heterocycles. The average Bonchev–Trinajstić information content (AvgIpc) is 3.01. The highest BCUT2D eigenvalue weighted by atomic mass is 32.1. The number of thiazole rings is 1. The minimum absolute atomic E-state index is 0.110. The van der Waals surface area contributed by atoms with Crippen LogP contribution < -0.4 is 5.32 Å². The van der Waals surface area contributed by atoms with Crippen molar-refractivity contribution in [3.63, 3.8) is 0 Å². The lowest BCUT2D eigenvalue weighted by atomic mass is 9.87. The lowest BCUT2D eigenvalue weighted by Crippen LogP contribution is -2.33. The summed E-state index contributed by atoms with van der Waals surface area (Å²) in [6.07, 6.45) is 4.03. The molecule has 0 saturated carbocycles. The minimum atomic E-state index is 0.110. The number of hydrogen-bond donors (Lipinski definition) is 1. The molecule has 86 valence electrons. The molecule has 1 N–H and O–H groups in total. The molecule has 2 fully saturated rings. The van der Waals surface area contributed by atoms with Crippen LogP contribution in [0.2, 0.25) is 0 Å². The Morgan fingerprint density at radius 1 is 1.56 bits per heavy atom. The van der Waals surface area contributed by atoms with E-state index in [4.69, 9.17) is 0 Å². The van der Waals surface area contributed by atoms with E-state index in [0.717, 1.165) is 32.6 Å². The molecule has 16 heavy (non-hydrogen) atoms. The first kappa shape index (κ1) is 10.2. The Labute approximate surface area is 98.7 Å². The minimum Gasteiger partial charge on any atom is -0.336 e. The van der Waals surface area contributed by atoms with Crippen LogP contribution in [0.3, 0.4) is 0 Å². The monoisotopic (exact) mass is 237 g/mol. The number of hydrogen-bond acceptors (Lipinski definition) is 4. The summed E-state index contributed by atoms with van der Waals surface area (Å²) >= 11 is 1.43. The van der Waals surface area contributed by atoms with E-state index in [1.807, 2.05) is 10.3 Å². The number of carbonyl (C=O) groups is 1. The first-order chi connectivity index (χ1) is 7.79. The highest BCUT2D eigenvalue weighted by Crippen LogP contribution is 2.36. The molecule has 1 spiro atoms. The Kier molecular flexibility index (Phi) is 2.44. The quantitative estimate of drug-likeness (QED) is 0.791. The Morgan fingerprint density at radius 2 is 2.50 bits per heavy atom. The van der Waals surface area contributed by atoms with Gasteiger partial charge in [0.15, 0.2) is 5.01 Å². The maximum absolute atomic E-state index is 12.1. The third-order valence-electron chi connectivity index (χ3n) is 3.67. The summed E-state index contributed by atoms with van der Waals surface area (Å²) in [6.45, 7) is 3.95. The van der Waals surface area contributed by atoms with Gasteiger partial charge in [-0.1, -0.05) is 0 Å². The third-order valence-corrected chi connectivity index (χ3v) is 4.43. The fourth-order valence-electron chi connectivity index (χ4n) is 2.72. The van der Waals surface area contributed by atoms with Crippen LogP contribution in [0.5, 0.6) is 0 Å². The molecular formula is C11H15N3OS. The van der Waals surface area contributed by atoms with Crippen molar-refractivity contribution in [2.75, 3.05) is 26.2 Å². The van der Waals surface area contributed by atoms with E-state index in [-0.39, 0.29) is 5.91 Å². The van der Waals surface area contributed by atoms with Gasteiger partial charge in [-0.2, -0.15) is 0 Å². The summed E-state index contributed by atoms with van der Waals surface area (Å²) in [7, 11) is 0. The van der Waals surface area contributed by atoms with E-state index in [0.29, 0.717) is 10.4 Å². The van der Waals surface area contributed by atoms with Gasteiger partial charge in [-0.25, -0.2) is 4.98 Å². The van der Waals surface area contributed by atoms with Gasteiger partial charge in [0.1, 0.15) is 0 Å². The molecule has 0 aromatic carbocycles. The molecule has 0 bridgehead atoms. The van der Waals surface area contributed by atoms with Gasteiger partial charge in [0.25, 0.3) is 5.91 Å². The maximum atomic E-state index is 12.1. The van der Waals surface area contributed by atoms with Crippen molar-refractivity contribution in [1.82, 2.24) is 15.2 Å². The molecule has 1 unspecified atom stereocenters. The highest BCUT2D eigenvalue weighted by Gasteiger charge is 2.42. The number of amides is 1. The van der Waals surface area contributed by atoms with Crippen LogP contribution in [0.1, 0.15) is 22.6 Å². The highest BCUT2D eigenvalue weighted by molar-refractivity contribution is 7.11. The Balaban J connectivity index is 1.72. The van der Waals surface area contributed by atoms with Crippen molar-refractivity contribution < 1.29 is 4.79 Å². The van der Waals surface area contributed by atoms with E-state index in [2.05, 4.69) is 10.3 Å². The van der Waals surface area contributed by atoms with E-state index >= 15 is 0 Å². The second-order valence-corrected chi connectivity index (χ2v) is 5.64. The molecule has 4 nitrogen and oxygen atoms in total. The van der Waals surface area contributed by atoms with Gasteiger partial charge in [0.2, 0.25) is 0 Å². The summed E-state index contributed by atoms with van der Waals surface area (Å²) in [5, 5.41) is 5.88. The summed E-state index contributed by atoms with van der Waals surface area (Å²) in [4.78, 5) is 18.2. The van der Waals surface area contributed by atoms with Gasteiger partial charge in [0.05, 0.1) is 0 Å². The number of aromatic nitrogens is 1. The average molecular weight is 237 g/mol. The van der Waals surface area contributed by atoms with Gasteiger partial charge in [0, 0.05) is 36.6 Å². The van der Waals surface area contributed by atoms with Gasteiger partial charge < -0.3 is 10.2 Å². The molecule has 3 heterocycles. The number of nitrogens with zero attached hydrogens (tertiary/aromatic N) is 2. The molecular weight excluding hydrogens is 222 g/mol. The molecule has 1 aromatic heterocycles. The van der Waals surface area contributed by atoms with Crippen molar-refractivity contribution in [1.29, 1.82) is 0 Å². The molecule has 2 aliphatic heterocycles. The first-order valence-electron chi connectivity index (χ1n) is 5.69. The Bertz CT molecular complexity index is 384. The molecule has 1 amide bonds. The zero-order valence-corrected chi connectivity index (χ0v) is 9.92. The Morgan fingerprint density at radius 3 is 3.19 bits per heavy atom. The number of carbonyl (C=O) groups excluding carboxylic acids is 1. The second kappa shape index (κ2) is 3.82. The van der Waals surface area contributed by atoms with Crippen LogP contribution in [0.25, 0.3) is 0 Å². The van der Waals surface area contributed by atoms with Gasteiger partial charge in [-0.05, 0) is 19.4 Å². The van der Waals surface area contributed by atoms with Crippen LogP contribution in [0.15, 0.2) is 11.6 Å². The lowest BCUT2D eigenvalue weighted by molar-refractivity contribution is 0.0775. The van der Waals surface area contributed by atoms with Crippen LogP contribution in [0.4, 0.5) is 0 Å². The lowest BCUT2D eigenvalue weighted by Gasteiger charge is -2.22. The summed E-state index contributed by atoms with van der Waals surface area (Å²) < 4.78 is 0.